The number of pyridine rings is 1. The first kappa shape index (κ1) is 14.5. The van der Waals surface area contributed by atoms with E-state index < -0.39 is 0 Å². The van der Waals surface area contributed by atoms with Crippen molar-refractivity contribution in [1.29, 1.82) is 0 Å². The SMILES string of the molecule is CCCCCCNc1ccc(C(=O)OCC)cn1. The number of nitrogens with one attached hydrogen (secondary N) is 1. The molecule has 0 atom stereocenters. The van der Waals surface area contributed by atoms with Crippen LogP contribution in [0.5, 0.6) is 0 Å². The Hall–Kier alpha value is -1.58. The van der Waals surface area contributed by atoms with E-state index >= 15 is 0 Å². The lowest BCUT2D eigenvalue weighted by atomic mass is 10.2. The molecule has 1 N–H and O–H groups in total. The highest BCUT2D eigenvalue weighted by Crippen LogP contribution is 2.07. The zero-order valence-electron chi connectivity index (χ0n) is 11.2. The number of hydrogen-bond donors (Lipinski definition) is 1. The van der Waals surface area contributed by atoms with Crippen LogP contribution in [0.1, 0.15) is 49.9 Å². The molecule has 0 aliphatic carbocycles. The number of carbonyl (C=O) groups is 1. The second-order valence-electron chi connectivity index (χ2n) is 4.14. The predicted octanol–water partition coefficient (Wildman–Crippen LogP) is 3.25. The molecule has 1 aromatic rings. The third-order valence-corrected chi connectivity index (χ3v) is 2.61. The standard InChI is InChI=1S/C14H22N2O2/c1-3-5-6-7-10-15-13-9-8-12(11-16-13)14(17)18-4-2/h8-9,11H,3-7,10H2,1-2H3,(H,15,16). The van der Waals surface area contributed by atoms with Gasteiger partial charge in [0, 0.05) is 12.7 Å². The maximum atomic E-state index is 11.4. The Kier molecular flexibility index (Phi) is 6.84. The Labute approximate surface area is 109 Å². The van der Waals surface area contributed by atoms with Crippen LogP contribution in [0.3, 0.4) is 0 Å². The van der Waals surface area contributed by atoms with E-state index in [-0.39, 0.29) is 5.97 Å². The minimum absolute atomic E-state index is 0.320. The topological polar surface area (TPSA) is 51.2 Å². The number of hydrogen-bond acceptors (Lipinski definition) is 4. The normalized spacial score (nSPS) is 10.1. The zero-order valence-corrected chi connectivity index (χ0v) is 11.2. The minimum Gasteiger partial charge on any atom is -0.462 e. The average Bonchev–Trinajstić information content (AvgIpc) is 2.39. The van der Waals surface area contributed by atoms with E-state index in [9.17, 15) is 4.79 Å². The van der Waals surface area contributed by atoms with Gasteiger partial charge in [-0.1, -0.05) is 26.2 Å². The van der Waals surface area contributed by atoms with Crippen LogP contribution in [0.25, 0.3) is 0 Å². The van der Waals surface area contributed by atoms with Crippen molar-refractivity contribution < 1.29 is 9.53 Å². The molecule has 0 spiro atoms. The van der Waals surface area contributed by atoms with Crippen LogP contribution < -0.4 is 5.32 Å². The first-order valence-corrected chi connectivity index (χ1v) is 6.65. The van der Waals surface area contributed by atoms with E-state index in [2.05, 4.69) is 17.2 Å². The Bertz CT molecular complexity index is 349. The second kappa shape index (κ2) is 8.50. The van der Waals surface area contributed by atoms with Crippen molar-refractivity contribution in [1.82, 2.24) is 4.98 Å². The number of nitrogens with zero attached hydrogens (tertiary/aromatic N) is 1. The van der Waals surface area contributed by atoms with Crippen molar-refractivity contribution in [2.45, 2.75) is 39.5 Å². The van der Waals surface area contributed by atoms with Gasteiger partial charge >= 0.3 is 5.97 Å². The fraction of sp³-hybridized carbons (Fsp3) is 0.571. The quantitative estimate of drug-likeness (QED) is 0.568. The molecule has 4 nitrogen and oxygen atoms in total. The number of carbonyl (C=O) groups excluding carboxylic acids is 1. The third-order valence-electron chi connectivity index (χ3n) is 2.61. The molecular weight excluding hydrogens is 228 g/mol. The first-order valence-electron chi connectivity index (χ1n) is 6.65. The molecule has 0 saturated heterocycles. The summed E-state index contributed by atoms with van der Waals surface area (Å²) < 4.78 is 4.89. The number of ether oxygens (including phenoxy) is 1. The third kappa shape index (κ3) is 5.17. The monoisotopic (exact) mass is 250 g/mol. The van der Waals surface area contributed by atoms with Crippen molar-refractivity contribution in [3.8, 4) is 0 Å². The Morgan fingerprint density at radius 1 is 1.28 bits per heavy atom. The van der Waals surface area contributed by atoms with Gasteiger partial charge in [0.25, 0.3) is 0 Å². The maximum absolute atomic E-state index is 11.4. The summed E-state index contributed by atoms with van der Waals surface area (Å²) in [7, 11) is 0. The average molecular weight is 250 g/mol. The molecule has 18 heavy (non-hydrogen) atoms. The summed E-state index contributed by atoms with van der Waals surface area (Å²) in [5.41, 5.74) is 0.494. The van der Waals surface area contributed by atoms with Gasteiger partial charge in [-0.2, -0.15) is 0 Å². The minimum atomic E-state index is -0.320. The molecular formula is C14H22N2O2. The molecule has 1 heterocycles. The van der Waals surface area contributed by atoms with E-state index in [1.807, 2.05) is 6.07 Å². The van der Waals surface area contributed by atoms with Crippen LogP contribution in [0.15, 0.2) is 18.3 Å². The maximum Gasteiger partial charge on any atom is 0.339 e. The van der Waals surface area contributed by atoms with Crippen LogP contribution in [-0.2, 0) is 4.74 Å². The lowest BCUT2D eigenvalue weighted by molar-refractivity contribution is 0.0526. The fourth-order valence-electron chi connectivity index (χ4n) is 1.60. The highest BCUT2D eigenvalue weighted by Gasteiger charge is 2.05. The van der Waals surface area contributed by atoms with Crippen LogP contribution in [-0.4, -0.2) is 24.1 Å². The molecule has 0 saturated carbocycles. The molecule has 100 valence electrons. The second-order valence-corrected chi connectivity index (χ2v) is 4.14. The van der Waals surface area contributed by atoms with E-state index in [1.54, 1.807) is 19.2 Å². The summed E-state index contributed by atoms with van der Waals surface area (Å²) in [5.74, 6) is 0.485. The number of rotatable bonds is 8. The Morgan fingerprint density at radius 3 is 2.72 bits per heavy atom. The summed E-state index contributed by atoms with van der Waals surface area (Å²) in [6, 6.07) is 3.55. The van der Waals surface area contributed by atoms with E-state index in [0.29, 0.717) is 12.2 Å². The van der Waals surface area contributed by atoms with Gasteiger partial charge in [-0.15, -0.1) is 0 Å². The first-order chi connectivity index (χ1) is 8.77. The van der Waals surface area contributed by atoms with E-state index in [0.717, 1.165) is 18.8 Å². The molecule has 0 aliphatic rings. The molecule has 0 bridgehead atoms. The Morgan fingerprint density at radius 2 is 2.11 bits per heavy atom. The van der Waals surface area contributed by atoms with Crippen LogP contribution >= 0.6 is 0 Å². The molecule has 0 amide bonds. The van der Waals surface area contributed by atoms with Gasteiger partial charge in [-0.3, -0.25) is 0 Å². The molecule has 0 aromatic carbocycles. The smallest absolute Gasteiger partial charge is 0.339 e. The zero-order chi connectivity index (χ0) is 13.2. The van der Waals surface area contributed by atoms with E-state index in [4.69, 9.17) is 4.74 Å². The molecule has 0 radical (unpaired) electrons. The number of anilines is 1. The van der Waals surface area contributed by atoms with Gasteiger partial charge < -0.3 is 10.1 Å². The van der Waals surface area contributed by atoms with Crippen LogP contribution in [0, 0.1) is 0 Å². The van der Waals surface area contributed by atoms with Crippen molar-refractivity contribution >= 4 is 11.8 Å². The van der Waals surface area contributed by atoms with Crippen molar-refractivity contribution in [2.75, 3.05) is 18.5 Å². The fourth-order valence-corrected chi connectivity index (χ4v) is 1.60. The Balaban J connectivity index is 2.33. The summed E-state index contributed by atoms with van der Waals surface area (Å²) in [4.78, 5) is 15.6. The highest BCUT2D eigenvalue weighted by molar-refractivity contribution is 5.89. The van der Waals surface area contributed by atoms with Crippen molar-refractivity contribution in [3.05, 3.63) is 23.9 Å². The number of unbranched alkanes of at least 4 members (excludes halogenated alkanes) is 3. The summed E-state index contributed by atoms with van der Waals surface area (Å²) >= 11 is 0. The lowest BCUT2D eigenvalue weighted by Crippen LogP contribution is -2.07. The van der Waals surface area contributed by atoms with Gasteiger partial charge in [-0.05, 0) is 25.5 Å². The molecule has 1 rings (SSSR count). The van der Waals surface area contributed by atoms with Gasteiger partial charge in [0.1, 0.15) is 5.82 Å². The number of aromatic nitrogens is 1. The van der Waals surface area contributed by atoms with Gasteiger partial charge in [0.05, 0.1) is 12.2 Å². The van der Waals surface area contributed by atoms with Gasteiger partial charge in [0.2, 0.25) is 0 Å². The largest absolute Gasteiger partial charge is 0.462 e. The van der Waals surface area contributed by atoms with Crippen LogP contribution in [0.4, 0.5) is 5.82 Å². The van der Waals surface area contributed by atoms with Crippen molar-refractivity contribution in [2.24, 2.45) is 0 Å². The molecule has 4 heteroatoms. The molecule has 0 fully saturated rings. The van der Waals surface area contributed by atoms with Gasteiger partial charge in [-0.25, -0.2) is 9.78 Å². The molecule has 0 aliphatic heterocycles. The predicted molar refractivity (Wildman–Crippen MR) is 72.8 cm³/mol. The summed E-state index contributed by atoms with van der Waals surface area (Å²) in [5, 5.41) is 3.24. The van der Waals surface area contributed by atoms with Crippen molar-refractivity contribution in [3.63, 3.8) is 0 Å². The molecule has 0 unspecified atom stereocenters. The van der Waals surface area contributed by atoms with Gasteiger partial charge in [0.15, 0.2) is 0 Å². The number of esters is 1. The highest BCUT2D eigenvalue weighted by atomic mass is 16.5. The van der Waals surface area contributed by atoms with Crippen LogP contribution in [0.2, 0.25) is 0 Å². The lowest BCUT2D eigenvalue weighted by Gasteiger charge is -2.06. The molecule has 1 aromatic heterocycles. The summed E-state index contributed by atoms with van der Waals surface area (Å²) in [6.45, 7) is 5.29. The summed E-state index contributed by atoms with van der Waals surface area (Å²) in [6.07, 6.45) is 6.45. The van der Waals surface area contributed by atoms with E-state index in [1.165, 1.54) is 19.3 Å².